The number of fused-ring (bicyclic) bond motifs is 1. The first-order valence-electron chi connectivity index (χ1n) is 9.81. The van der Waals surface area contributed by atoms with Crippen molar-refractivity contribution in [3.8, 4) is 28.8 Å². The van der Waals surface area contributed by atoms with Gasteiger partial charge in [0.2, 0.25) is 0 Å². The molecule has 2 heterocycles. The summed E-state index contributed by atoms with van der Waals surface area (Å²) in [7, 11) is 2.96. The van der Waals surface area contributed by atoms with E-state index in [0.29, 0.717) is 32.6 Å². The Morgan fingerprint density at radius 3 is 2.71 bits per heavy atom. The van der Waals surface area contributed by atoms with Gasteiger partial charge in [0, 0.05) is 41.2 Å². The Kier molecular flexibility index (Phi) is 6.68. The number of benzene rings is 2. The molecule has 0 unspecified atom stereocenters. The number of hydrogen-bond donors (Lipinski definition) is 1. The van der Waals surface area contributed by atoms with Crippen molar-refractivity contribution in [3.63, 3.8) is 0 Å². The minimum Gasteiger partial charge on any atom is -0.495 e. The van der Waals surface area contributed by atoms with Crippen LogP contribution < -0.4 is 20.4 Å². The molecule has 4 rings (SSSR count). The first kappa shape index (κ1) is 23.7. The maximum atomic E-state index is 12.5. The van der Waals surface area contributed by atoms with Crippen LogP contribution >= 0.6 is 22.9 Å². The molecule has 0 bridgehead atoms. The Bertz CT molecular complexity index is 1590. The van der Waals surface area contributed by atoms with Crippen molar-refractivity contribution in [1.29, 1.82) is 5.26 Å². The molecule has 0 amide bonds. The van der Waals surface area contributed by atoms with Gasteiger partial charge in [0.1, 0.15) is 33.7 Å². The molecule has 0 saturated carbocycles. The van der Waals surface area contributed by atoms with Gasteiger partial charge < -0.3 is 19.2 Å². The van der Waals surface area contributed by atoms with Gasteiger partial charge in [-0.15, -0.1) is 11.3 Å². The van der Waals surface area contributed by atoms with Gasteiger partial charge >= 0.3 is 5.63 Å². The summed E-state index contributed by atoms with van der Waals surface area (Å²) >= 11 is 7.27. The van der Waals surface area contributed by atoms with Gasteiger partial charge in [0.05, 0.1) is 41.1 Å². The molecule has 176 valence electrons. The van der Waals surface area contributed by atoms with Crippen LogP contribution in [0, 0.1) is 21.4 Å². The van der Waals surface area contributed by atoms with E-state index in [-0.39, 0.29) is 28.1 Å². The molecule has 2 aromatic carbocycles. The molecule has 0 radical (unpaired) electrons. The fourth-order valence-electron chi connectivity index (χ4n) is 3.19. The molecule has 1 N–H and O–H groups in total. The number of non-ortho nitro benzene ring substituents is 1. The first-order valence-corrected chi connectivity index (χ1v) is 11.1. The van der Waals surface area contributed by atoms with Gasteiger partial charge in [0.25, 0.3) is 5.69 Å². The van der Waals surface area contributed by atoms with E-state index in [9.17, 15) is 20.2 Å². The molecule has 0 saturated heterocycles. The van der Waals surface area contributed by atoms with Gasteiger partial charge in [-0.3, -0.25) is 10.1 Å². The molecule has 35 heavy (non-hydrogen) atoms. The highest BCUT2D eigenvalue weighted by Gasteiger charge is 2.16. The van der Waals surface area contributed by atoms with E-state index < -0.39 is 10.5 Å². The Labute approximate surface area is 206 Å². The van der Waals surface area contributed by atoms with Crippen molar-refractivity contribution < 1.29 is 18.8 Å². The average Bonchev–Trinajstić information content (AvgIpc) is 3.33. The average molecular weight is 511 g/mol. The minimum absolute atomic E-state index is 0.120. The fraction of sp³-hybridized carbons (Fsp3) is 0.0870. The standard InChI is InChI=1S/C23H15ClN4O6S/c1-32-20-8-17(21(33-2)7-16(20)24)26-10-13(9-25)22-27-18(11-35-22)15-6-12-5-14(28(30)31)3-4-19(12)34-23(15)29/h3-8,10-11,26H,1-2H3/b13-10+. The van der Waals surface area contributed by atoms with Crippen molar-refractivity contribution in [2.45, 2.75) is 0 Å². The monoisotopic (exact) mass is 510 g/mol. The molecule has 0 aliphatic heterocycles. The van der Waals surface area contributed by atoms with Crippen molar-refractivity contribution >= 4 is 50.9 Å². The van der Waals surface area contributed by atoms with Crippen molar-refractivity contribution in [2.75, 3.05) is 19.5 Å². The van der Waals surface area contributed by atoms with Gasteiger partial charge in [0.15, 0.2) is 0 Å². The number of nitriles is 1. The highest BCUT2D eigenvalue weighted by molar-refractivity contribution is 7.11. The predicted molar refractivity (Wildman–Crippen MR) is 132 cm³/mol. The van der Waals surface area contributed by atoms with Gasteiger partial charge in [-0.1, -0.05) is 11.6 Å². The largest absolute Gasteiger partial charge is 0.495 e. The number of rotatable bonds is 7. The summed E-state index contributed by atoms with van der Waals surface area (Å²) in [5.74, 6) is 0.855. The predicted octanol–water partition coefficient (Wildman–Crippen LogP) is 5.47. The zero-order valence-corrected chi connectivity index (χ0v) is 19.8. The lowest BCUT2D eigenvalue weighted by atomic mass is 10.1. The molecule has 12 heteroatoms. The van der Waals surface area contributed by atoms with E-state index in [0.717, 1.165) is 11.3 Å². The van der Waals surface area contributed by atoms with Crippen LogP contribution in [0.3, 0.4) is 0 Å². The number of thiazole rings is 1. The third kappa shape index (κ3) is 4.79. The summed E-state index contributed by atoms with van der Waals surface area (Å²) in [5.41, 5.74) is 0.532. The number of halogens is 1. The second-order valence-corrected chi connectivity index (χ2v) is 8.23. The van der Waals surface area contributed by atoms with Crippen LogP contribution in [0.2, 0.25) is 5.02 Å². The summed E-state index contributed by atoms with van der Waals surface area (Å²) in [4.78, 5) is 27.4. The van der Waals surface area contributed by atoms with Gasteiger partial charge in [-0.2, -0.15) is 5.26 Å². The van der Waals surface area contributed by atoms with E-state index in [1.165, 1.54) is 44.7 Å². The number of nitrogens with zero attached hydrogens (tertiary/aromatic N) is 3. The van der Waals surface area contributed by atoms with E-state index in [1.807, 2.05) is 0 Å². The topological polar surface area (TPSA) is 141 Å². The fourth-order valence-corrected chi connectivity index (χ4v) is 4.21. The molecule has 10 nitrogen and oxygen atoms in total. The summed E-state index contributed by atoms with van der Waals surface area (Å²) in [6.45, 7) is 0. The Hall–Kier alpha value is -4.40. The third-order valence-electron chi connectivity index (χ3n) is 4.90. The number of hydrogen-bond acceptors (Lipinski definition) is 10. The van der Waals surface area contributed by atoms with Crippen LogP contribution in [0.1, 0.15) is 5.01 Å². The van der Waals surface area contributed by atoms with E-state index in [2.05, 4.69) is 16.4 Å². The molecular formula is C23H15ClN4O6S. The number of nitrogens with one attached hydrogen (secondary N) is 1. The normalized spacial score (nSPS) is 11.2. The first-order chi connectivity index (χ1) is 16.8. The van der Waals surface area contributed by atoms with Crippen LogP contribution in [0.15, 0.2) is 57.2 Å². The molecule has 0 aliphatic rings. The zero-order valence-electron chi connectivity index (χ0n) is 18.2. The van der Waals surface area contributed by atoms with Crippen LogP contribution in [0.5, 0.6) is 11.5 Å². The highest BCUT2D eigenvalue weighted by Crippen LogP contribution is 2.36. The number of allylic oxidation sites excluding steroid dienone is 1. The summed E-state index contributed by atoms with van der Waals surface area (Å²) in [5, 5.41) is 26.4. The van der Waals surface area contributed by atoms with Crippen molar-refractivity contribution in [1.82, 2.24) is 4.98 Å². The zero-order chi connectivity index (χ0) is 25.1. The van der Waals surface area contributed by atoms with E-state index in [1.54, 1.807) is 17.5 Å². The number of nitro groups is 1. The summed E-state index contributed by atoms with van der Waals surface area (Å²) in [6.07, 6.45) is 1.44. The molecular weight excluding hydrogens is 496 g/mol. The summed E-state index contributed by atoms with van der Waals surface area (Å²) in [6, 6.07) is 10.7. The smallest absolute Gasteiger partial charge is 0.345 e. The lowest BCUT2D eigenvalue weighted by Gasteiger charge is -2.12. The third-order valence-corrected chi connectivity index (χ3v) is 6.07. The van der Waals surface area contributed by atoms with Crippen molar-refractivity contribution in [2.24, 2.45) is 0 Å². The van der Waals surface area contributed by atoms with Gasteiger partial charge in [-0.25, -0.2) is 9.78 Å². The SMILES string of the molecule is COc1cc(N/C=C(\C#N)c2nc(-c3cc4cc([N+](=O)[O-])ccc4oc3=O)cs2)c(OC)cc1Cl. The van der Waals surface area contributed by atoms with Crippen LogP contribution in [0.4, 0.5) is 11.4 Å². The van der Waals surface area contributed by atoms with E-state index >= 15 is 0 Å². The number of methoxy groups -OCH3 is 2. The second-order valence-electron chi connectivity index (χ2n) is 6.97. The maximum Gasteiger partial charge on any atom is 0.345 e. The van der Waals surface area contributed by atoms with Crippen molar-refractivity contribution in [3.05, 3.63) is 78.5 Å². The molecule has 0 fully saturated rings. The van der Waals surface area contributed by atoms with Crippen LogP contribution in [0.25, 0.3) is 27.8 Å². The molecule has 0 aliphatic carbocycles. The number of aromatic nitrogens is 1. The second kappa shape index (κ2) is 9.84. The van der Waals surface area contributed by atoms with Gasteiger partial charge in [-0.05, 0) is 12.1 Å². The molecule has 0 spiro atoms. The lowest BCUT2D eigenvalue weighted by molar-refractivity contribution is -0.384. The number of anilines is 1. The lowest BCUT2D eigenvalue weighted by Crippen LogP contribution is -2.03. The molecule has 2 aromatic heterocycles. The quantitative estimate of drug-likeness (QED) is 0.148. The Morgan fingerprint density at radius 1 is 1.26 bits per heavy atom. The molecule has 0 atom stereocenters. The van der Waals surface area contributed by atoms with Crippen LogP contribution in [-0.2, 0) is 0 Å². The summed E-state index contributed by atoms with van der Waals surface area (Å²) < 4.78 is 15.8. The maximum absolute atomic E-state index is 12.5. The van der Waals surface area contributed by atoms with Crippen LogP contribution in [-0.4, -0.2) is 24.1 Å². The Balaban J connectivity index is 1.68. The number of ether oxygens (including phenoxy) is 2. The minimum atomic E-state index is -0.651. The Morgan fingerprint density at radius 2 is 2.03 bits per heavy atom. The highest BCUT2D eigenvalue weighted by atomic mass is 35.5. The molecule has 4 aromatic rings. The number of nitro benzene ring substituents is 1. The van der Waals surface area contributed by atoms with E-state index in [4.69, 9.17) is 25.5 Å².